The van der Waals surface area contributed by atoms with Gasteiger partial charge in [-0.15, -0.1) is 0 Å². The molecule has 0 atom stereocenters. The number of amides is 1. The number of carboxylic acid groups (broad SMARTS) is 1. The number of hydrogen-bond donors (Lipinski definition) is 2. The van der Waals surface area contributed by atoms with Crippen LogP contribution in [0.25, 0.3) is 0 Å². The monoisotopic (exact) mass is 281 g/mol. The van der Waals surface area contributed by atoms with Crippen LogP contribution in [0.1, 0.15) is 37.2 Å². The zero-order valence-electron chi connectivity index (χ0n) is 12.6. The highest BCUT2D eigenvalue weighted by atomic mass is 16.4. The fourth-order valence-electron chi connectivity index (χ4n) is 2.12. The number of carbonyl (C=O) groups excluding carboxylic acids is 1. The summed E-state index contributed by atoms with van der Waals surface area (Å²) in [5.41, 5.74) is 3.10. The fraction of sp³-hybridized carbons (Fsp3) is 0.643. The minimum absolute atomic E-state index is 0.247. The molecular weight excluding hydrogens is 258 g/mol. The normalized spacial score (nSPS) is 10.8. The van der Waals surface area contributed by atoms with Gasteiger partial charge < -0.3 is 10.4 Å². The maximum Gasteiger partial charge on any atom is 0.322 e. The van der Waals surface area contributed by atoms with Gasteiger partial charge in [-0.25, -0.2) is 0 Å². The molecule has 1 heterocycles. The molecule has 1 aromatic heterocycles. The average molecular weight is 281 g/mol. The van der Waals surface area contributed by atoms with Gasteiger partial charge in [-0.2, -0.15) is 5.10 Å². The first-order valence-electron chi connectivity index (χ1n) is 6.82. The van der Waals surface area contributed by atoms with E-state index in [0.717, 1.165) is 23.5 Å². The number of carboxylic acids is 1. The molecule has 0 bridgehead atoms. The van der Waals surface area contributed by atoms with Crippen molar-refractivity contribution < 1.29 is 14.7 Å². The Labute approximate surface area is 119 Å². The quantitative estimate of drug-likeness (QED) is 0.788. The standard InChI is InChI=1S/C14H23N3O3/c1-9(2)8-17-11(4)12(10(3)16-17)5-6-13(18)15-7-14(19)20/h9H,5-8H2,1-4H3,(H,15,18)(H,19,20). The van der Waals surface area contributed by atoms with E-state index >= 15 is 0 Å². The highest BCUT2D eigenvalue weighted by Crippen LogP contribution is 2.16. The number of aromatic nitrogens is 2. The fourth-order valence-corrected chi connectivity index (χ4v) is 2.12. The summed E-state index contributed by atoms with van der Waals surface area (Å²) in [5.74, 6) is -0.766. The first-order valence-corrected chi connectivity index (χ1v) is 6.82. The molecule has 0 saturated carbocycles. The Hall–Kier alpha value is -1.85. The topological polar surface area (TPSA) is 84.2 Å². The summed E-state index contributed by atoms with van der Waals surface area (Å²) >= 11 is 0. The smallest absolute Gasteiger partial charge is 0.322 e. The van der Waals surface area contributed by atoms with Crippen LogP contribution in [0.3, 0.4) is 0 Å². The molecule has 0 aliphatic heterocycles. The zero-order chi connectivity index (χ0) is 15.3. The lowest BCUT2D eigenvalue weighted by Crippen LogP contribution is -2.29. The molecule has 0 aliphatic carbocycles. The Morgan fingerprint density at radius 2 is 2.00 bits per heavy atom. The van der Waals surface area contributed by atoms with Crippen LogP contribution in [0.4, 0.5) is 0 Å². The van der Waals surface area contributed by atoms with E-state index < -0.39 is 5.97 Å². The molecule has 0 radical (unpaired) electrons. The molecular formula is C14H23N3O3. The average Bonchev–Trinajstić information content (AvgIpc) is 2.59. The molecule has 6 heteroatoms. The first-order chi connectivity index (χ1) is 9.31. The van der Waals surface area contributed by atoms with E-state index in [-0.39, 0.29) is 18.9 Å². The maximum atomic E-state index is 11.5. The van der Waals surface area contributed by atoms with Crippen molar-refractivity contribution in [3.63, 3.8) is 0 Å². The largest absolute Gasteiger partial charge is 0.480 e. The van der Waals surface area contributed by atoms with Gasteiger partial charge in [0.15, 0.2) is 0 Å². The Kier molecular flexibility index (Phi) is 5.73. The van der Waals surface area contributed by atoms with Crippen LogP contribution in [0.5, 0.6) is 0 Å². The molecule has 2 N–H and O–H groups in total. The molecule has 1 aromatic rings. The minimum atomic E-state index is -1.03. The van der Waals surface area contributed by atoms with Crippen molar-refractivity contribution in [3.05, 3.63) is 17.0 Å². The van der Waals surface area contributed by atoms with Crippen LogP contribution in [0.15, 0.2) is 0 Å². The molecule has 0 saturated heterocycles. The molecule has 6 nitrogen and oxygen atoms in total. The maximum absolute atomic E-state index is 11.5. The molecule has 20 heavy (non-hydrogen) atoms. The van der Waals surface area contributed by atoms with Crippen LogP contribution in [0, 0.1) is 19.8 Å². The van der Waals surface area contributed by atoms with E-state index in [4.69, 9.17) is 5.11 Å². The van der Waals surface area contributed by atoms with Gasteiger partial charge in [-0.1, -0.05) is 13.8 Å². The molecule has 0 unspecified atom stereocenters. The zero-order valence-corrected chi connectivity index (χ0v) is 12.6. The van der Waals surface area contributed by atoms with Crippen LogP contribution < -0.4 is 5.32 Å². The van der Waals surface area contributed by atoms with Gasteiger partial charge in [0, 0.05) is 18.7 Å². The van der Waals surface area contributed by atoms with Gasteiger partial charge >= 0.3 is 5.97 Å². The molecule has 0 spiro atoms. The van der Waals surface area contributed by atoms with Gasteiger partial charge in [-0.05, 0) is 31.7 Å². The van der Waals surface area contributed by atoms with Gasteiger partial charge in [0.25, 0.3) is 0 Å². The summed E-state index contributed by atoms with van der Waals surface area (Å²) in [6.45, 7) is 8.74. The molecule has 0 aliphatic rings. The molecule has 1 amide bonds. The van der Waals surface area contributed by atoms with E-state index in [2.05, 4.69) is 24.3 Å². The Bertz CT molecular complexity index is 492. The summed E-state index contributed by atoms with van der Waals surface area (Å²) < 4.78 is 1.98. The van der Waals surface area contributed by atoms with E-state index in [9.17, 15) is 9.59 Å². The lowest BCUT2D eigenvalue weighted by atomic mass is 10.1. The molecule has 1 rings (SSSR count). The van der Waals surface area contributed by atoms with Crippen molar-refractivity contribution in [1.82, 2.24) is 15.1 Å². The summed E-state index contributed by atoms with van der Waals surface area (Å²) in [5, 5.41) is 15.4. The van der Waals surface area contributed by atoms with Crippen molar-refractivity contribution in [2.75, 3.05) is 6.54 Å². The van der Waals surface area contributed by atoms with E-state index in [0.29, 0.717) is 12.3 Å². The number of aryl methyl sites for hydroxylation is 1. The van der Waals surface area contributed by atoms with E-state index in [1.807, 2.05) is 18.5 Å². The van der Waals surface area contributed by atoms with Gasteiger partial charge in [-0.3, -0.25) is 14.3 Å². The predicted molar refractivity (Wildman–Crippen MR) is 75.5 cm³/mol. The number of hydrogen-bond acceptors (Lipinski definition) is 3. The lowest BCUT2D eigenvalue weighted by molar-refractivity contribution is -0.137. The predicted octanol–water partition coefficient (Wildman–Crippen LogP) is 1.29. The Balaban J connectivity index is 2.62. The third-order valence-corrected chi connectivity index (χ3v) is 3.11. The van der Waals surface area contributed by atoms with Crippen molar-refractivity contribution in [2.45, 2.75) is 47.1 Å². The summed E-state index contributed by atoms with van der Waals surface area (Å²) in [4.78, 5) is 21.9. The number of carbonyl (C=O) groups is 2. The molecule has 112 valence electrons. The Morgan fingerprint density at radius 3 is 2.55 bits per heavy atom. The highest BCUT2D eigenvalue weighted by Gasteiger charge is 2.13. The summed E-state index contributed by atoms with van der Waals surface area (Å²) in [6.07, 6.45) is 0.865. The van der Waals surface area contributed by atoms with Crippen LogP contribution in [0.2, 0.25) is 0 Å². The first kappa shape index (κ1) is 16.2. The van der Waals surface area contributed by atoms with Crippen LogP contribution in [-0.2, 0) is 22.6 Å². The van der Waals surface area contributed by atoms with Crippen molar-refractivity contribution in [2.24, 2.45) is 5.92 Å². The van der Waals surface area contributed by atoms with Gasteiger partial charge in [0.2, 0.25) is 5.91 Å². The third-order valence-electron chi connectivity index (χ3n) is 3.11. The van der Waals surface area contributed by atoms with Gasteiger partial charge in [0.05, 0.1) is 5.69 Å². The second kappa shape index (κ2) is 7.07. The summed E-state index contributed by atoms with van der Waals surface area (Å²) in [6, 6.07) is 0. The number of aliphatic carboxylic acids is 1. The molecule has 0 aromatic carbocycles. The van der Waals surface area contributed by atoms with Crippen molar-refractivity contribution >= 4 is 11.9 Å². The number of nitrogens with zero attached hydrogens (tertiary/aromatic N) is 2. The van der Waals surface area contributed by atoms with Crippen molar-refractivity contribution in [1.29, 1.82) is 0 Å². The van der Waals surface area contributed by atoms with Gasteiger partial charge in [0.1, 0.15) is 6.54 Å². The third kappa shape index (κ3) is 4.68. The SMILES string of the molecule is Cc1nn(CC(C)C)c(C)c1CCC(=O)NCC(=O)O. The second-order valence-corrected chi connectivity index (χ2v) is 5.40. The Morgan fingerprint density at radius 1 is 1.35 bits per heavy atom. The lowest BCUT2D eigenvalue weighted by Gasteiger charge is -2.08. The number of nitrogens with one attached hydrogen (secondary N) is 1. The summed E-state index contributed by atoms with van der Waals surface area (Å²) in [7, 11) is 0. The number of rotatable bonds is 7. The van der Waals surface area contributed by atoms with Crippen molar-refractivity contribution in [3.8, 4) is 0 Å². The van der Waals surface area contributed by atoms with Crippen LogP contribution >= 0.6 is 0 Å². The van der Waals surface area contributed by atoms with E-state index in [1.165, 1.54) is 0 Å². The van der Waals surface area contributed by atoms with E-state index in [1.54, 1.807) is 0 Å². The minimum Gasteiger partial charge on any atom is -0.480 e. The molecule has 0 fully saturated rings. The van der Waals surface area contributed by atoms with Crippen LogP contribution in [-0.4, -0.2) is 33.3 Å². The second-order valence-electron chi connectivity index (χ2n) is 5.40. The highest BCUT2D eigenvalue weighted by molar-refractivity contribution is 5.81.